The molecule has 0 amide bonds. The van der Waals surface area contributed by atoms with Gasteiger partial charge in [0, 0.05) is 17.0 Å². The number of rotatable bonds is 5. The molecule has 0 saturated carbocycles. The van der Waals surface area contributed by atoms with Crippen molar-refractivity contribution in [2.45, 2.75) is 5.16 Å². The second kappa shape index (κ2) is 6.56. The number of para-hydroxylation sites is 1. The zero-order valence-corrected chi connectivity index (χ0v) is 12.2. The molecule has 0 saturated heterocycles. The van der Waals surface area contributed by atoms with Crippen LogP contribution in [-0.2, 0) is 0 Å². The van der Waals surface area contributed by atoms with Crippen LogP contribution < -0.4 is 0 Å². The predicted molar refractivity (Wildman–Crippen MR) is 84.6 cm³/mol. The first-order chi connectivity index (χ1) is 10.4. The topological polar surface area (TPSA) is 50.9 Å². The number of benzene rings is 2. The third-order valence-corrected chi connectivity index (χ3v) is 3.91. The van der Waals surface area contributed by atoms with E-state index in [-0.39, 0.29) is 6.61 Å². The van der Waals surface area contributed by atoms with Gasteiger partial charge in [0.15, 0.2) is 11.0 Å². The molecule has 0 unspecified atom stereocenters. The summed E-state index contributed by atoms with van der Waals surface area (Å²) in [6.45, 7) is 0.118. The van der Waals surface area contributed by atoms with Crippen LogP contribution in [0, 0.1) is 0 Å². The van der Waals surface area contributed by atoms with E-state index in [9.17, 15) is 0 Å². The molecule has 3 aromatic rings. The van der Waals surface area contributed by atoms with Gasteiger partial charge in [0.05, 0.1) is 6.61 Å². The zero-order valence-electron chi connectivity index (χ0n) is 11.4. The summed E-state index contributed by atoms with van der Waals surface area (Å²) in [4.78, 5) is 0. The summed E-state index contributed by atoms with van der Waals surface area (Å²) >= 11 is 1.50. The lowest BCUT2D eigenvalue weighted by Gasteiger charge is -2.09. The third-order valence-electron chi connectivity index (χ3n) is 3.00. The van der Waals surface area contributed by atoms with Crippen molar-refractivity contribution >= 4 is 11.8 Å². The van der Waals surface area contributed by atoms with Gasteiger partial charge in [-0.05, 0) is 12.1 Å². The summed E-state index contributed by atoms with van der Waals surface area (Å²) in [6.07, 6.45) is 0. The van der Waals surface area contributed by atoms with E-state index >= 15 is 0 Å². The number of hydrogen-bond donors (Lipinski definition) is 1. The summed E-state index contributed by atoms with van der Waals surface area (Å²) in [5.74, 6) is 1.40. The molecule has 0 atom stereocenters. The summed E-state index contributed by atoms with van der Waals surface area (Å²) in [5, 5.41) is 18.4. The van der Waals surface area contributed by atoms with Gasteiger partial charge in [-0.2, -0.15) is 0 Å². The van der Waals surface area contributed by atoms with Crippen LogP contribution in [-0.4, -0.2) is 32.2 Å². The number of hydrogen-bond acceptors (Lipinski definition) is 4. The fraction of sp³-hybridized carbons (Fsp3) is 0.125. The average Bonchev–Trinajstić information content (AvgIpc) is 2.98. The molecule has 0 radical (unpaired) electrons. The summed E-state index contributed by atoms with van der Waals surface area (Å²) in [6, 6.07) is 20.0. The minimum Gasteiger partial charge on any atom is -0.396 e. The number of aliphatic hydroxyl groups excluding tert-OH is 1. The van der Waals surface area contributed by atoms with Crippen molar-refractivity contribution in [2.75, 3.05) is 12.4 Å². The van der Waals surface area contributed by atoms with E-state index in [1.807, 2.05) is 65.2 Å². The smallest absolute Gasteiger partial charge is 0.196 e. The first-order valence-electron chi connectivity index (χ1n) is 6.70. The molecular formula is C16H15N3OS. The molecule has 0 aliphatic carbocycles. The Morgan fingerprint density at radius 3 is 2.24 bits per heavy atom. The van der Waals surface area contributed by atoms with Crippen LogP contribution in [0.4, 0.5) is 0 Å². The van der Waals surface area contributed by atoms with Crippen LogP contribution in [0.2, 0.25) is 0 Å². The minimum absolute atomic E-state index is 0.118. The molecular weight excluding hydrogens is 282 g/mol. The minimum atomic E-state index is 0.118. The van der Waals surface area contributed by atoms with Gasteiger partial charge in [-0.3, -0.25) is 4.57 Å². The van der Waals surface area contributed by atoms with Crippen LogP contribution in [0.15, 0.2) is 65.8 Å². The quantitative estimate of drug-likeness (QED) is 0.736. The highest BCUT2D eigenvalue weighted by Crippen LogP contribution is 2.27. The summed E-state index contributed by atoms with van der Waals surface area (Å²) in [7, 11) is 0. The lowest BCUT2D eigenvalue weighted by Crippen LogP contribution is -2.00. The van der Waals surface area contributed by atoms with Gasteiger partial charge in [-0.1, -0.05) is 60.3 Å². The Bertz CT molecular complexity index is 698. The molecule has 4 nitrogen and oxygen atoms in total. The number of thioether (sulfide) groups is 1. The van der Waals surface area contributed by atoms with Gasteiger partial charge in [0.25, 0.3) is 0 Å². The van der Waals surface area contributed by atoms with Crippen molar-refractivity contribution in [2.24, 2.45) is 0 Å². The van der Waals surface area contributed by atoms with Crippen LogP contribution in [0.3, 0.4) is 0 Å². The SMILES string of the molecule is OCCSc1nnc(-c2ccccc2)n1-c1ccccc1. The molecule has 21 heavy (non-hydrogen) atoms. The van der Waals surface area contributed by atoms with E-state index in [4.69, 9.17) is 5.11 Å². The second-order valence-electron chi connectivity index (χ2n) is 4.42. The molecule has 106 valence electrons. The van der Waals surface area contributed by atoms with Gasteiger partial charge >= 0.3 is 0 Å². The maximum absolute atomic E-state index is 9.03. The second-order valence-corrected chi connectivity index (χ2v) is 5.48. The van der Waals surface area contributed by atoms with Crippen LogP contribution in [0.1, 0.15) is 0 Å². The first-order valence-corrected chi connectivity index (χ1v) is 7.68. The fourth-order valence-electron chi connectivity index (χ4n) is 2.08. The third kappa shape index (κ3) is 2.99. The van der Waals surface area contributed by atoms with Crippen molar-refractivity contribution in [3.05, 3.63) is 60.7 Å². The molecule has 5 heteroatoms. The lowest BCUT2D eigenvalue weighted by atomic mass is 10.2. The monoisotopic (exact) mass is 297 g/mol. The Morgan fingerprint density at radius 2 is 1.57 bits per heavy atom. The van der Waals surface area contributed by atoms with Gasteiger partial charge in [0.2, 0.25) is 0 Å². The van der Waals surface area contributed by atoms with Crippen molar-refractivity contribution in [3.63, 3.8) is 0 Å². The van der Waals surface area contributed by atoms with E-state index < -0.39 is 0 Å². The number of aromatic nitrogens is 3. The van der Waals surface area contributed by atoms with Gasteiger partial charge < -0.3 is 5.11 Å². The molecule has 1 N–H and O–H groups in total. The molecule has 0 aliphatic rings. The van der Waals surface area contributed by atoms with E-state index in [1.165, 1.54) is 11.8 Å². The molecule has 1 aromatic heterocycles. The number of nitrogens with zero attached hydrogens (tertiary/aromatic N) is 3. The summed E-state index contributed by atoms with van der Waals surface area (Å²) < 4.78 is 2.02. The Morgan fingerprint density at radius 1 is 0.905 bits per heavy atom. The Hall–Kier alpha value is -2.11. The van der Waals surface area contributed by atoms with E-state index in [2.05, 4.69) is 10.2 Å². The summed E-state index contributed by atoms with van der Waals surface area (Å²) in [5.41, 5.74) is 2.03. The molecule has 3 rings (SSSR count). The van der Waals surface area contributed by atoms with E-state index in [0.29, 0.717) is 5.75 Å². The normalized spacial score (nSPS) is 10.7. The van der Waals surface area contributed by atoms with E-state index in [1.54, 1.807) is 0 Å². The fourth-order valence-corrected chi connectivity index (χ4v) is 2.78. The van der Waals surface area contributed by atoms with Crippen molar-refractivity contribution in [3.8, 4) is 17.1 Å². The Kier molecular flexibility index (Phi) is 4.33. The largest absolute Gasteiger partial charge is 0.396 e. The lowest BCUT2D eigenvalue weighted by molar-refractivity contribution is 0.322. The van der Waals surface area contributed by atoms with Crippen LogP contribution in [0.25, 0.3) is 17.1 Å². The molecule has 0 aliphatic heterocycles. The molecule has 1 heterocycles. The highest BCUT2D eigenvalue weighted by molar-refractivity contribution is 7.99. The highest BCUT2D eigenvalue weighted by atomic mass is 32.2. The van der Waals surface area contributed by atoms with Gasteiger partial charge in [0.1, 0.15) is 0 Å². The van der Waals surface area contributed by atoms with Crippen molar-refractivity contribution in [1.29, 1.82) is 0 Å². The Labute approximate surface area is 127 Å². The molecule has 0 fully saturated rings. The highest BCUT2D eigenvalue weighted by Gasteiger charge is 2.15. The average molecular weight is 297 g/mol. The first kappa shape index (κ1) is 13.9. The number of aliphatic hydroxyl groups is 1. The van der Waals surface area contributed by atoms with Crippen molar-refractivity contribution in [1.82, 2.24) is 14.8 Å². The maximum atomic E-state index is 9.03. The Balaban J connectivity index is 2.11. The maximum Gasteiger partial charge on any atom is 0.196 e. The van der Waals surface area contributed by atoms with Gasteiger partial charge in [-0.15, -0.1) is 10.2 Å². The standard InChI is InChI=1S/C16H15N3OS/c20-11-12-21-16-18-17-15(13-7-3-1-4-8-13)19(16)14-9-5-2-6-10-14/h1-10,20H,11-12H2. The molecule has 0 bridgehead atoms. The van der Waals surface area contributed by atoms with Gasteiger partial charge in [-0.25, -0.2) is 0 Å². The van der Waals surface area contributed by atoms with E-state index in [0.717, 1.165) is 22.2 Å². The van der Waals surface area contributed by atoms with Crippen molar-refractivity contribution < 1.29 is 5.11 Å². The molecule has 0 spiro atoms. The van der Waals surface area contributed by atoms with Crippen LogP contribution >= 0.6 is 11.8 Å². The zero-order chi connectivity index (χ0) is 14.5. The predicted octanol–water partition coefficient (Wildman–Crippen LogP) is 3.02. The van der Waals surface area contributed by atoms with Crippen LogP contribution in [0.5, 0.6) is 0 Å². The molecule has 2 aromatic carbocycles.